The number of nitrogens with zero attached hydrogens (tertiary/aromatic N) is 3. The van der Waals surface area contributed by atoms with Crippen molar-refractivity contribution in [3.05, 3.63) is 0 Å². The number of morpholine rings is 1. The number of likely N-dealkylation sites (tertiary alicyclic amines) is 1. The average molecular weight is 481 g/mol. The number of aliphatic imine (C=N–C) groups is 1. The monoisotopic (exact) mass is 481 g/mol. The molecular formula is C19H40IN5O. The molecule has 2 fully saturated rings. The van der Waals surface area contributed by atoms with Crippen LogP contribution in [0.15, 0.2) is 4.99 Å². The molecular weight excluding hydrogens is 441 g/mol. The van der Waals surface area contributed by atoms with E-state index >= 15 is 0 Å². The van der Waals surface area contributed by atoms with Crippen LogP contribution in [-0.4, -0.2) is 87.4 Å². The molecule has 1 unspecified atom stereocenters. The first-order chi connectivity index (χ1) is 12.2. The Kier molecular flexibility index (Phi) is 12.8. The maximum absolute atomic E-state index is 5.43. The molecule has 26 heavy (non-hydrogen) atoms. The van der Waals surface area contributed by atoms with Crippen LogP contribution in [0.1, 0.15) is 40.0 Å². The van der Waals surface area contributed by atoms with Gasteiger partial charge < -0.3 is 20.3 Å². The molecule has 2 rings (SSSR count). The molecule has 2 N–H and O–H groups in total. The molecule has 2 aliphatic heterocycles. The van der Waals surface area contributed by atoms with Crippen molar-refractivity contribution in [2.45, 2.75) is 46.1 Å². The Bertz CT molecular complexity index is 382. The zero-order chi connectivity index (χ0) is 17.9. The van der Waals surface area contributed by atoms with E-state index in [4.69, 9.17) is 9.73 Å². The molecule has 2 aliphatic rings. The highest BCUT2D eigenvalue weighted by atomic mass is 127. The predicted molar refractivity (Wildman–Crippen MR) is 121 cm³/mol. The van der Waals surface area contributed by atoms with Gasteiger partial charge in [0.25, 0.3) is 0 Å². The summed E-state index contributed by atoms with van der Waals surface area (Å²) < 4.78 is 5.43. The third-order valence-electron chi connectivity index (χ3n) is 5.05. The normalized spacial score (nSPS) is 21.9. The molecule has 0 aliphatic carbocycles. The lowest BCUT2D eigenvalue weighted by Crippen LogP contribution is -2.49. The Morgan fingerprint density at radius 2 is 1.81 bits per heavy atom. The molecule has 2 heterocycles. The lowest BCUT2D eigenvalue weighted by Gasteiger charge is -2.33. The molecule has 6 nitrogen and oxygen atoms in total. The minimum absolute atomic E-state index is 0. The summed E-state index contributed by atoms with van der Waals surface area (Å²) in [5, 5.41) is 7.07. The summed E-state index contributed by atoms with van der Waals surface area (Å²) in [7, 11) is 0. The Balaban J connectivity index is 0.00000338. The largest absolute Gasteiger partial charge is 0.379 e. The topological polar surface area (TPSA) is 52.1 Å². The van der Waals surface area contributed by atoms with Crippen LogP contribution < -0.4 is 10.6 Å². The summed E-state index contributed by atoms with van der Waals surface area (Å²) in [6, 6.07) is 0.556. The number of hydrogen-bond donors (Lipinski definition) is 2. The van der Waals surface area contributed by atoms with Crippen molar-refractivity contribution in [3.63, 3.8) is 0 Å². The van der Waals surface area contributed by atoms with Gasteiger partial charge in [0.1, 0.15) is 0 Å². The van der Waals surface area contributed by atoms with Crippen LogP contribution in [-0.2, 0) is 4.74 Å². The fourth-order valence-corrected chi connectivity index (χ4v) is 3.66. The van der Waals surface area contributed by atoms with E-state index < -0.39 is 0 Å². The van der Waals surface area contributed by atoms with Crippen LogP contribution in [0, 0.1) is 5.92 Å². The van der Waals surface area contributed by atoms with Gasteiger partial charge in [-0.25, -0.2) is 0 Å². The zero-order valence-corrected chi connectivity index (χ0v) is 19.3. The number of nitrogens with one attached hydrogen (secondary N) is 2. The molecule has 7 heteroatoms. The first kappa shape index (κ1) is 23.9. The van der Waals surface area contributed by atoms with Crippen LogP contribution in [0.25, 0.3) is 0 Å². The van der Waals surface area contributed by atoms with Crippen molar-refractivity contribution in [2.24, 2.45) is 10.9 Å². The Hall–Kier alpha value is -0.120. The molecule has 0 aromatic rings. The van der Waals surface area contributed by atoms with E-state index in [1.165, 1.54) is 38.9 Å². The fourth-order valence-electron chi connectivity index (χ4n) is 3.66. The van der Waals surface area contributed by atoms with E-state index in [9.17, 15) is 0 Å². The number of hydrogen-bond acceptors (Lipinski definition) is 4. The van der Waals surface area contributed by atoms with E-state index in [1.807, 2.05) is 0 Å². The van der Waals surface area contributed by atoms with Crippen LogP contribution in [0.2, 0.25) is 0 Å². The van der Waals surface area contributed by atoms with Gasteiger partial charge in [0, 0.05) is 51.9 Å². The molecule has 1 atom stereocenters. The molecule has 154 valence electrons. The number of halogens is 1. The van der Waals surface area contributed by atoms with Crippen LogP contribution in [0.5, 0.6) is 0 Å². The van der Waals surface area contributed by atoms with Crippen molar-refractivity contribution in [1.82, 2.24) is 20.4 Å². The standard InChI is InChI=1S/C19H39N5O.HI/c1-4-8-23-9-6-18(7-10-23)22-19(20-5-2)21-15-17(3)16-24-11-13-25-14-12-24;/h17-18H,4-16H2,1-3H3,(H2,20,21,22);1H. The number of guanidine groups is 1. The Morgan fingerprint density at radius 1 is 1.12 bits per heavy atom. The van der Waals surface area contributed by atoms with E-state index in [0.29, 0.717) is 12.0 Å². The molecule has 0 aromatic carbocycles. The quantitative estimate of drug-likeness (QED) is 0.316. The maximum atomic E-state index is 5.43. The first-order valence-electron chi connectivity index (χ1n) is 10.3. The maximum Gasteiger partial charge on any atom is 0.191 e. The van der Waals surface area contributed by atoms with E-state index in [0.717, 1.165) is 51.9 Å². The summed E-state index contributed by atoms with van der Waals surface area (Å²) in [6.45, 7) is 17.1. The van der Waals surface area contributed by atoms with E-state index in [2.05, 4.69) is 41.2 Å². The Labute approximate surface area is 177 Å². The second kappa shape index (κ2) is 14.0. The molecule has 2 saturated heterocycles. The summed E-state index contributed by atoms with van der Waals surface area (Å²) in [5.41, 5.74) is 0. The molecule has 0 radical (unpaired) electrons. The lowest BCUT2D eigenvalue weighted by atomic mass is 10.1. The smallest absolute Gasteiger partial charge is 0.191 e. The predicted octanol–water partition coefficient (Wildman–Crippen LogP) is 2.00. The van der Waals surface area contributed by atoms with Gasteiger partial charge in [0.2, 0.25) is 0 Å². The van der Waals surface area contributed by atoms with Gasteiger partial charge in [-0.05, 0) is 38.6 Å². The van der Waals surface area contributed by atoms with Crippen molar-refractivity contribution in [3.8, 4) is 0 Å². The highest BCUT2D eigenvalue weighted by molar-refractivity contribution is 14.0. The van der Waals surface area contributed by atoms with E-state index in [1.54, 1.807) is 0 Å². The minimum Gasteiger partial charge on any atom is -0.379 e. The fraction of sp³-hybridized carbons (Fsp3) is 0.947. The van der Waals surface area contributed by atoms with Gasteiger partial charge >= 0.3 is 0 Å². The molecule has 0 saturated carbocycles. The minimum atomic E-state index is 0. The van der Waals surface area contributed by atoms with Gasteiger partial charge in [0.05, 0.1) is 13.2 Å². The number of rotatable bonds is 8. The number of ether oxygens (including phenoxy) is 1. The van der Waals surface area contributed by atoms with Gasteiger partial charge in [0.15, 0.2) is 5.96 Å². The summed E-state index contributed by atoms with van der Waals surface area (Å²) in [4.78, 5) is 9.92. The van der Waals surface area contributed by atoms with Gasteiger partial charge in [-0.3, -0.25) is 9.89 Å². The SMILES string of the molecule is CCCN1CCC(NC(=NCC(C)CN2CCOCC2)NCC)CC1.I. The molecule has 0 bridgehead atoms. The zero-order valence-electron chi connectivity index (χ0n) is 17.0. The summed E-state index contributed by atoms with van der Waals surface area (Å²) in [6.07, 6.45) is 3.69. The highest BCUT2D eigenvalue weighted by Crippen LogP contribution is 2.10. The first-order valence-corrected chi connectivity index (χ1v) is 10.3. The lowest BCUT2D eigenvalue weighted by molar-refractivity contribution is 0.0323. The van der Waals surface area contributed by atoms with Crippen molar-refractivity contribution in [2.75, 3.05) is 65.6 Å². The second-order valence-electron chi connectivity index (χ2n) is 7.50. The number of piperidine rings is 1. The van der Waals surface area contributed by atoms with Crippen molar-refractivity contribution < 1.29 is 4.74 Å². The van der Waals surface area contributed by atoms with Crippen LogP contribution in [0.4, 0.5) is 0 Å². The van der Waals surface area contributed by atoms with Crippen LogP contribution in [0.3, 0.4) is 0 Å². The van der Waals surface area contributed by atoms with Crippen molar-refractivity contribution in [1.29, 1.82) is 0 Å². The molecule has 0 spiro atoms. The van der Waals surface area contributed by atoms with Gasteiger partial charge in [-0.15, -0.1) is 24.0 Å². The third kappa shape index (κ3) is 9.19. The molecule has 0 aromatic heterocycles. The second-order valence-corrected chi connectivity index (χ2v) is 7.50. The third-order valence-corrected chi connectivity index (χ3v) is 5.05. The van der Waals surface area contributed by atoms with Crippen LogP contribution >= 0.6 is 24.0 Å². The summed E-state index contributed by atoms with van der Waals surface area (Å²) >= 11 is 0. The molecule has 0 amide bonds. The van der Waals surface area contributed by atoms with E-state index in [-0.39, 0.29) is 24.0 Å². The Morgan fingerprint density at radius 3 is 2.42 bits per heavy atom. The average Bonchev–Trinajstić information content (AvgIpc) is 2.63. The van der Waals surface area contributed by atoms with Gasteiger partial charge in [-0.1, -0.05) is 13.8 Å². The van der Waals surface area contributed by atoms with Crippen molar-refractivity contribution >= 4 is 29.9 Å². The van der Waals surface area contributed by atoms with Gasteiger partial charge in [-0.2, -0.15) is 0 Å². The summed E-state index contributed by atoms with van der Waals surface area (Å²) in [5.74, 6) is 1.56. The highest BCUT2D eigenvalue weighted by Gasteiger charge is 2.19.